The molecule has 0 radical (unpaired) electrons. The van der Waals surface area contributed by atoms with Crippen molar-refractivity contribution < 1.29 is 8.42 Å². The molecule has 3 aromatic rings. The summed E-state index contributed by atoms with van der Waals surface area (Å²) in [5.74, 6) is 0. The van der Waals surface area contributed by atoms with E-state index in [1.54, 1.807) is 30.5 Å². The molecule has 0 spiro atoms. The van der Waals surface area contributed by atoms with Crippen LogP contribution in [-0.2, 0) is 19.6 Å². The van der Waals surface area contributed by atoms with E-state index in [2.05, 4.69) is 3.77 Å². The number of benzene rings is 3. The highest BCUT2D eigenvalue weighted by Crippen LogP contribution is 2.25. The number of sulfonamides is 1. The van der Waals surface area contributed by atoms with Crippen LogP contribution in [0.2, 0.25) is 0 Å². The summed E-state index contributed by atoms with van der Waals surface area (Å²) in [5, 5.41) is 0. The third-order valence-electron chi connectivity index (χ3n) is 4.07. The van der Waals surface area contributed by atoms with Crippen molar-refractivity contribution in [2.24, 2.45) is 8.13 Å². The Morgan fingerprint density at radius 2 is 1.15 bits per heavy atom. The normalized spacial score (nSPS) is 13.6. The van der Waals surface area contributed by atoms with Gasteiger partial charge in [-0.2, -0.15) is 8.42 Å². The Kier molecular flexibility index (Phi) is 5.48. The molecule has 1 unspecified atom stereocenters. The van der Waals surface area contributed by atoms with Crippen molar-refractivity contribution in [3.8, 4) is 0 Å². The lowest BCUT2D eigenvalue weighted by Gasteiger charge is -2.12. The summed E-state index contributed by atoms with van der Waals surface area (Å²) in [6.07, 6.45) is 1.80. The zero-order valence-electron chi connectivity index (χ0n) is 15.5. The first-order valence-electron chi connectivity index (χ1n) is 8.47. The van der Waals surface area contributed by atoms with Crippen LogP contribution in [0.3, 0.4) is 0 Å². The molecule has 0 N–H and O–H groups in total. The highest BCUT2D eigenvalue weighted by atomic mass is 32.3. The summed E-state index contributed by atoms with van der Waals surface area (Å²) < 4.78 is 35.0. The van der Waals surface area contributed by atoms with Gasteiger partial charge in [-0.15, -0.1) is 3.77 Å². The van der Waals surface area contributed by atoms with Crippen LogP contribution in [0.5, 0.6) is 0 Å². The van der Waals surface area contributed by atoms with Gasteiger partial charge >= 0.3 is 0 Å². The zero-order chi connectivity index (χ0) is 19.5. The van der Waals surface area contributed by atoms with E-state index in [0.29, 0.717) is 5.69 Å². The van der Waals surface area contributed by atoms with Gasteiger partial charge in [-0.25, -0.2) is 4.36 Å². The Hall–Kier alpha value is -2.44. The summed E-state index contributed by atoms with van der Waals surface area (Å²) in [4.78, 5) is 0.981. The molecular weight excluding hydrogens is 376 g/mol. The van der Waals surface area contributed by atoms with Crippen molar-refractivity contribution in [3.63, 3.8) is 0 Å². The molecule has 0 aliphatic rings. The van der Waals surface area contributed by atoms with E-state index in [-0.39, 0.29) is 4.90 Å². The van der Waals surface area contributed by atoms with Crippen molar-refractivity contribution >= 4 is 25.3 Å². The predicted octanol–water partition coefficient (Wildman–Crippen LogP) is 5.53. The second kappa shape index (κ2) is 7.66. The van der Waals surface area contributed by atoms with E-state index < -0.39 is 19.6 Å². The quantitative estimate of drug-likeness (QED) is 0.580. The third-order valence-corrected chi connectivity index (χ3v) is 8.61. The SMILES string of the molecule is Cc1ccc(S(=O)(=O)N=S(C)(=Nc2ccccc2)c2ccc(C)cc2)cc1. The van der Waals surface area contributed by atoms with Gasteiger partial charge in [0.1, 0.15) is 0 Å². The van der Waals surface area contributed by atoms with Crippen LogP contribution in [0.4, 0.5) is 5.69 Å². The Morgan fingerprint density at radius 1 is 0.667 bits per heavy atom. The molecule has 0 bridgehead atoms. The average Bonchev–Trinajstić information content (AvgIpc) is 2.63. The van der Waals surface area contributed by atoms with Gasteiger partial charge in [0.25, 0.3) is 10.0 Å². The first-order valence-corrected chi connectivity index (χ1v) is 11.9. The molecular formula is C21H22N2O2S2. The Morgan fingerprint density at radius 3 is 1.67 bits per heavy atom. The van der Waals surface area contributed by atoms with Crippen LogP contribution in [0, 0.1) is 13.8 Å². The van der Waals surface area contributed by atoms with Crippen molar-refractivity contribution in [3.05, 3.63) is 90.0 Å². The minimum absolute atomic E-state index is 0.183. The van der Waals surface area contributed by atoms with Crippen molar-refractivity contribution in [2.45, 2.75) is 23.6 Å². The molecule has 0 amide bonds. The Labute approximate surface area is 161 Å². The minimum atomic E-state index is -3.84. The van der Waals surface area contributed by atoms with E-state index in [1.165, 1.54) is 0 Å². The number of hydrogen-bond donors (Lipinski definition) is 0. The van der Waals surface area contributed by atoms with Crippen LogP contribution in [0.1, 0.15) is 11.1 Å². The van der Waals surface area contributed by atoms with E-state index in [1.807, 2.05) is 68.4 Å². The molecule has 0 fully saturated rings. The summed E-state index contributed by atoms with van der Waals surface area (Å²) >= 11 is 0. The number of hydrogen-bond acceptors (Lipinski definition) is 3. The lowest BCUT2D eigenvalue weighted by molar-refractivity contribution is 0.598. The number of nitrogens with zero attached hydrogens (tertiary/aromatic N) is 2. The van der Waals surface area contributed by atoms with Gasteiger partial charge < -0.3 is 0 Å². The third kappa shape index (κ3) is 4.64. The van der Waals surface area contributed by atoms with Gasteiger partial charge in [-0.1, -0.05) is 53.6 Å². The van der Waals surface area contributed by atoms with Crippen LogP contribution in [-0.4, -0.2) is 14.7 Å². The summed E-state index contributed by atoms with van der Waals surface area (Å²) in [7, 11) is -6.19. The first-order chi connectivity index (χ1) is 12.8. The van der Waals surface area contributed by atoms with Gasteiger partial charge in [0.2, 0.25) is 0 Å². The van der Waals surface area contributed by atoms with E-state index in [4.69, 9.17) is 4.36 Å². The summed E-state index contributed by atoms with van der Waals surface area (Å²) in [5.41, 5.74) is 2.80. The number of rotatable bonds is 4. The molecule has 0 heterocycles. The van der Waals surface area contributed by atoms with Gasteiger partial charge in [0.05, 0.1) is 10.6 Å². The molecule has 0 saturated carbocycles. The monoisotopic (exact) mass is 398 g/mol. The van der Waals surface area contributed by atoms with Gasteiger partial charge in [-0.05, 0) is 59.9 Å². The van der Waals surface area contributed by atoms with E-state index >= 15 is 0 Å². The molecule has 0 aliphatic heterocycles. The van der Waals surface area contributed by atoms with Crippen LogP contribution < -0.4 is 0 Å². The Balaban J connectivity index is 2.26. The van der Waals surface area contributed by atoms with Crippen LogP contribution in [0.15, 0.2) is 96.8 Å². The minimum Gasteiger partial charge on any atom is -0.213 e. The van der Waals surface area contributed by atoms with Gasteiger partial charge in [-0.3, -0.25) is 0 Å². The molecule has 0 aromatic heterocycles. The molecule has 140 valence electrons. The van der Waals surface area contributed by atoms with E-state index in [9.17, 15) is 8.42 Å². The Bertz CT molecular complexity index is 1160. The molecule has 0 saturated heterocycles. The molecule has 4 nitrogen and oxygen atoms in total. The molecule has 27 heavy (non-hydrogen) atoms. The maximum absolute atomic E-state index is 13.0. The maximum Gasteiger partial charge on any atom is 0.288 e. The predicted molar refractivity (Wildman–Crippen MR) is 112 cm³/mol. The zero-order valence-corrected chi connectivity index (χ0v) is 17.2. The smallest absolute Gasteiger partial charge is 0.213 e. The van der Waals surface area contributed by atoms with Crippen molar-refractivity contribution in [1.82, 2.24) is 0 Å². The van der Waals surface area contributed by atoms with Crippen LogP contribution >= 0.6 is 0 Å². The second-order valence-corrected chi connectivity index (χ2v) is 10.8. The largest absolute Gasteiger partial charge is 0.288 e. The van der Waals surface area contributed by atoms with Gasteiger partial charge in [0.15, 0.2) is 0 Å². The van der Waals surface area contributed by atoms with E-state index in [0.717, 1.165) is 16.0 Å². The van der Waals surface area contributed by atoms with Crippen molar-refractivity contribution in [2.75, 3.05) is 6.26 Å². The second-order valence-electron chi connectivity index (χ2n) is 6.44. The van der Waals surface area contributed by atoms with Gasteiger partial charge in [0, 0.05) is 11.2 Å². The molecule has 1 atom stereocenters. The average molecular weight is 399 g/mol. The van der Waals surface area contributed by atoms with Crippen LogP contribution in [0.25, 0.3) is 0 Å². The lowest BCUT2D eigenvalue weighted by atomic mass is 10.2. The fraction of sp³-hybridized carbons (Fsp3) is 0.143. The molecule has 6 heteroatoms. The standard InChI is InChI=1S/C21H22N2O2S2/c1-17-9-13-20(14-10-17)26(3,22-19-7-5-4-6-8-19)23-27(24,25)21-15-11-18(2)12-16-21/h4-16H,1-3H3. The number of aryl methyl sites for hydroxylation is 2. The topological polar surface area (TPSA) is 58.9 Å². The highest BCUT2D eigenvalue weighted by molar-refractivity contribution is 8.04. The fourth-order valence-corrected chi connectivity index (χ4v) is 6.67. The molecule has 3 aromatic carbocycles. The molecule has 0 aliphatic carbocycles. The molecule has 3 rings (SSSR count). The maximum atomic E-state index is 13.0. The highest BCUT2D eigenvalue weighted by Gasteiger charge is 2.17. The fourth-order valence-electron chi connectivity index (χ4n) is 2.55. The summed E-state index contributed by atoms with van der Waals surface area (Å²) in [6.45, 7) is 3.91. The van der Waals surface area contributed by atoms with Crippen molar-refractivity contribution in [1.29, 1.82) is 0 Å². The lowest BCUT2D eigenvalue weighted by Crippen LogP contribution is -2.05. The first kappa shape index (κ1) is 19.3. The summed E-state index contributed by atoms with van der Waals surface area (Å²) in [6, 6.07) is 23.8.